The second-order valence-corrected chi connectivity index (χ2v) is 17.5. The fraction of sp³-hybridized carbons (Fsp3) is 0.591. The van der Waals surface area contributed by atoms with E-state index in [2.05, 4.69) is 40.7 Å². The molecule has 3 aromatic rings. The van der Waals surface area contributed by atoms with Gasteiger partial charge in [-0.05, 0) is 108 Å². The Hall–Kier alpha value is -3.05. The highest BCUT2D eigenvalue weighted by Gasteiger charge is 2.59. The van der Waals surface area contributed by atoms with Gasteiger partial charge in [0.25, 0.3) is 0 Å². The van der Waals surface area contributed by atoms with Crippen LogP contribution in [0.4, 0.5) is 0 Å². The molecule has 4 aliphatic rings. The Balaban J connectivity index is 0.973. The first-order valence-corrected chi connectivity index (χ1v) is 19.7. The Labute approximate surface area is 303 Å². The molecule has 3 saturated carbocycles. The van der Waals surface area contributed by atoms with Crippen molar-refractivity contribution >= 4 is 28.5 Å². The number of halogens is 1. The molecule has 268 valence electrons. The molecule has 3 fully saturated rings. The number of esters is 1. The third-order valence-corrected chi connectivity index (χ3v) is 14.1. The van der Waals surface area contributed by atoms with E-state index in [9.17, 15) is 9.59 Å². The van der Waals surface area contributed by atoms with Crippen LogP contribution in [0.15, 0.2) is 69.4 Å². The summed E-state index contributed by atoms with van der Waals surface area (Å²) in [6, 6.07) is 14.4. The van der Waals surface area contributed by atoms with Gasteiger partial charge in [-0.25, -0.2) is 9.59 Å². The van der Waals surface area contributed by atoms with Crippen LogP contribution >= 0.6 is 11.6 Å². The molecule has 1 heterocycles. The Kier molecular flexibility index (Phi) is 10.0. The first-order chi connectivity index (χ1) is 24.0. The number of allylic oxidation sites excluding steroid dienone is 1. The Morgan fingerprint density at radius 1 is 0.980 bits per heavy atom. The maximum absolute atomic E-state index is 13.1. The lowest BCUT2D eigenvalue weighted by molar-refractivity contribution is -0.153. The molecule has 0 bridgehead atoms. The van der Waals surface area contributed by atoms with Gasteiger partial charge in [0.1, 0.15) is 17.4 Å². The molecule has 0 N–H and O–H groups in total. The average Bonchev–Trinajstić information content (AvgIpc) is 3.45. The van der Waals surface area contributed by atoms with Crippen molar-refractivity contribution in [3.63, 3.8) is 0 Å². The summed E-state index contributed by atoms with van der Waals surface area (Å²) < 4.78 is 17.4. The molecular weight excluding hydrogens is 644 g/mol. The number of carbonyl (C=O) groups excluding carboxylic acids is 1. The summed E-state index contributed by atoms with van der Waals surface area (Å²) in [5.74, 6) is 4.71. The SMILES string of the molecule is CC(C)CCC[C@@H](C)[C@@H]1CC[C@@H]2[C@H]3CC=C4C[C@@H](OC(=O)COc5cc6oc(=O)cc(-c7ccccc7)c6cc5Cl)CC[C@]4(C)[C@@H]3CC[C@@]21C. The minimum atomic E-state index is -0.464. The Bertz CT molecular complexity index is 1790. The summed E-state index contributed by atoms with van der Waals surface area (Å²) in [5, 5.41) is 1.04. The Morgan fingerprint density at radius 2 is 1.78 bits per heavy atom. The highest BCUT2D eigenvalue weighted by atomic mass is 35.5. The van der Waals surface area contributed by atoms with Crippen LogP contribution in [0.1, 0.15) is 105 Å². The summed E-state index contributed by atoms with van der Waals surface area (Å²) in [6.45, 7) is 12.2. The van der Waals surface area contributed by atoms with E-state index in [-0.39, 0.29) is 23.9 Å². The molecule has 8 atom stereocenters. The Morgan fingerprint density at radius 3 is 2.56 bits per heavy atom. The van der Waals surface area contributed by atoms with Crippen LogP contribution in [-0.2, 0) is 9.53 Å². The van der Waals surface area contributed by atoms with Crippen LogP contribution in [0.3, 0.4) is 0 Å². The summed E-state index contributed by atoms with van der Waals surface area (Å²) in [5.41, 5.74) is 3.69. The maximum atomic E-state index is 13.1. The van der Waals surface area contributed by atoms with Gasteiger partial charge >= 0.3 is 11.6 Å². The van der Waals surface area contributed by atoms with Gasteiger partial charge in [0.05, 0.1) is 5.02 Å². The zero-order chi connectivity index (χ0) is 35.2. The van der Waals surface area contributed by atoms with Gasteiger partial charge in [-0.1, -0.05) is 107 Å². The van der Waals surface area contributed by atoms with E-state index in [1.165, 1.54) is 63.0 Å². The molecule has 0 unspecified atom stereocenters. The molecule has 2 aromatic carbocycles. The summed E-state index contributed by atoms with van der Waals surface area (Å²) >= 11 is 6.62. The molecule has 50 heavy (non-hydrogen) atoms. The number of ether oxygens (including phenoxy) is 2. The standard InChI is InChI=1S/C44H55ClO5/c1-27(2)10-9-11-28(3)35-16-17-36-32-15-14-30-22-31(18-20-43(30,4)37(32)19-21-44(35,36)5)49-42(47)26-48-40-25-39-34(23-38(40)45)33(24-41(46)50-39)29-12-7-6-8-13-29/h6-8,12-14,23-25,27-28,31-32,35-37H,9-11,15-22,26H2,1-5H3/t28-,31+,32-,35+,36-,37-,43+,44-/m1/s1. The lowest BCUT2D eigenvalue weighted by Gasteiger charge is -2.58. The molecule has 0 radical (unpaired) electrons. The van der Waals surface area contributed by atoms with Gasteiger partial charge in [0.15, 0.2) is 6.61 Å². The van der Waals surface area contributed by atoms with Crippen molar-refractivity contribution in [1.82, 2.24) is 0 Å². The monoisotopic (exact) mass is 698 g/mol. The first kappa shape index (κ1) is 35.4. The summed E-state index contributed by atoms with van der Waals surface area (Å²) in [6.07, 6.45) is 16.0. The largest absolute Gasteiger partial charge is 0.480 e. The minimum absolute atomic E-state index is 0.142. The van der Waals surface area contributed by atoms with Gasteiger partial charge in [-0.3, -0.25) is 0 Å². The van der Waals surface area contributed by atoms with Crippen molar-refractivity contribution in [2.45, 2.75) is 111 Å². The average molecular weight is 699 g/mol. The second kappa shape index (κ2) is 14.2. The molecule has 0 spiro atoms. The topological polar surface area (TPSA) is 65.7 Å². The number of benzene rings is 2. The highest BCUT2D eigenvalue weighted by molar-refractivity contribution is 6.33. The number of rotatable bonds is 10. The predicted octanol–water partition coefficient (Wildman–Crippen LogP) is 11.4. The van der Waals surface area contributed by atoms with Gasteiger partial charge in [0.2, 0.25) is 0 Å². The van der Waals surface area contributed by atoms with E-state index in [4.69, 9.17) is 25.5 Å². The lowest BCUT2D eigenvalue weighted by atomic mass is 9.47. The molecule has 5 nitrogen and oxygen atoms in total. The van der Waals surface area contributed by atoms with Crippen LogP contribution in [0.25, 0.3) is 22.1 Å². The third-order valence-electron chi connectivity index (χ3n) is 13.8. The quantitative estimate of drug-likeness (QED) is 0.120. The smallest absolute Gasteiger partial charge is 0.344 e. The zero-order valence-electron chi connectivity index (χ0n) is 30.6. The van der Waals surface area contributed by atoms with Crippen LogP contribution in [0.2, 0.25) is 5.02 Å². The molecule has 4 aliphatic carbocycles. The van der Waals surface area contributed by atoms with E-state index in [1.807, 2.05) is 30.3 Å². The first-order valence-electron chi connectivity index (χ1n) is 19.3. The number of carbonyl (C=O) groups is 1. The molecule has 0 aliphatic heterocycles. The van der Waals surface area contributed by atoms with E-state index < -0.39 is 11.6 Å². The van der Waals surface area contributed by atoms with Crippen molar-refractivity contribution in [3.8, 4) is 16.9 Å². The van der Waals surface area contributed by atoms with Crippen LogP contribution in [-0.4, -0.2) is 18.7 Å². The van der Waals surface area contributed by atoms with Crippen molar-refractivity contribution in [2.75, 3.05) is 6.61 Å². The van der Waals surface area contributed by atoms with E-state index >= 15 is 0 Å². The van der Waals surface area contributed by atoms with Crippen LogP contribution in [0.5, 0.6) is 5.75 Å². The maximum Gasteiger partial charge on any atom is 0.344 e. The van der Waals surface area contributed by atoms with E-state index in [1.54, 1.807) is 12.1 Å². The van der Waals surface area contributed by atoms with Crippen molar-refractivity contribution in [2.24, 2.45) is 46.3 Å². The lowest BCUT2D eigenvalue weighted by Crippen LogP contribution is -2.51. The van der Waals surface area contributed by atoms with Crippen molar-refractivity contribution < 1.29 is 18.7 Å². The molecule has 0 amide bonds. The van der Waals surface area contributed by atoms with Gasteiger partial charge in [0, 0.05) is 23.9 Å². The van der Waals surface area contributed by atoms with E-state index in [0.717, 1.165) is 65.9 Å². The summed E-state index contributed by atoms with van der Waals surface area (Å²) in [4.78, 5) is 25.5. The number of hydrogen-bond donors (Lipinski definition) is 0. The molecular formula is C44H55ClO5. The van der Waals surface area contributed by atoms with Gasteiger partial charge < -0.3 is 13.9 Å². The molecule has 1 aromatic heterocycles. The normalized spacial score (nSPS) is 31.0. The van der Waals surface area contributed by atoms with E-state index in [0.29, 0.717) is 21.4 Å². The number of fused-ring (bicyclic) bond motifs is 6. The van der Waals surface area contributed by atoms with Gasteiger partial charge in [-0.15, -0.1) is 0 Å². The predicted molar refractivity (Wildman–Crippen MR) is 201 cm³/mol. The van der Waals surface area contributed by atoms with Crippen molar-refractivity contribution in [1.29, 1.82) is 0 Å². The van der Waals surface area contributed by atoms with Crippen LogP contribution < -0.4 is 10.4 Å². The van der Waals surface area contributed by atoms with Crippen LogP contribution in [0, 0.1) is 46.3 Å². The second-order valence-electron chi connectivity index (χ2n) is 17.1. The fourth-order valence-corrected chi connectivity index (χ4v) is 11.5. The van der Waals surface area contributed by atoms with Crippen molar-refractivity contribution in [3.05, 3.63) is 75.6 Å². The zero-order valence-corrected chi connectivity index (χ0v) is 31.4. The number of hydrogen-bond acceptors (Lipinski definition) is 5. The molecule has 7 rings (SSSR count). The third kappa shape index (κ3) is 6.69. The molecule has 0 saturated heterocycles. The van der Waals surface area contributed by atoms with Gasteiger partial charge in [-0.2, -0.15) is 0 Å². The fourth-order valence-electron chi connectivity index (χ4n) is 11.2. The summed E-state index contributed by atoms with van der Waals surface area (Å²) in [7, 11) is 0. The minimum Gasteiger partial charge on any atom is -0.480 e. The molecule has 6 heteroatoms. The highest BCUT2D eigenvalue weighted by Crippen LogP contribution is 2.67.